The highest BCUT2D eigenvalue weighted by molar-refractivity contribution is 6.00. The summed E-state index contributed by atoms with van der Waals surface area (Å²) in [7, 11) is 8.40. The average molecular weight is 987 g/mol. The van der Waals surface area contributed by atoms with E-state index in [0.29, 0.717) is 0 Å². The SMILES string of the molecule is CN1C=CC(c2ccc(-c3c4nc(c(-c5ccc(C6=CCN(C)C=C6)cc5)c5ccc([nH]5)c(-c5ccc(C6=CCN(C)C=C6)cc5)c5nc(c(-c6ccc(C7=CCN(C)C=C7)cc6)c6ccc3[nH]6)C=C5)C=C4)cc2)=CC1. The molecule has 8 bridgehead atoms. The molecule has 9 heterocycles. The maximum absolute atomic E-state index is 5.62. The van der Waals surface area contributed by atoms with Gasteiger partial charge in [0.1, 0.15) is 0 Å². The normalized spacial score (nSPS) is 15.8. The van der Waals surface area contributed by atoms with Gasteiger partial charge in [-0.2, -0.15) is 0 Å². The quantitative estimate of drug-likeness (QED) is 0.158. The molecule has 6 aliphatic heterocycles. The van der Waals surface area contributed by atoms with Crippen molar-refractivity contribution in [2.45, 2.75) is 0 Å². The van der Waals surface area contributed by atoms with Crippen molar-refractivity contribution in [2.24, 2.45) is 0 Å². The Morgan fingerprint density at radius 3 is 0.684 bits per heavy atom. The van der Waals surface area contributed by atoms with Crippen molar-refractivity contribution in [3.63, 3.8) is 0 Å². The smallest absolute Gasteiger partial charge is 0.0737 e. The largest absolute Gasteiger partial charge is 0.377 e. The Hall–Kier alpha value is -9.40. The lowest BCUT2D eigenvalue weighted by molar-refractivity contribution is 0.506. The van der Waals surface area contributed by atoms with Crippen molar-refractivity contribution in [1.82, 2.24) is 39.5 Å². The first-order chi connectivity index (χ1) is 37.2. The van der Waals surface area contributed by atoms with E-state index >= 15 is 0 Å². The number of hydrogen-bond acceptors (Lipinski definition) is 6. The van der Waals surface area contributed by atoms with Crippen LogP contribution in [-0.2, 0) is 0 Å². The Bertz CT molecular complexity index is 3450. The van der Waals surface area contributed by atoms with E-state index < -0.39 is 0 Å². The second-order valence-corrected chi connectivity index (χ2v) is 20.5. The third-order valence-corrected chi connectivity index (χ3v) is 15.2. The fourth-order valence-electron chi connectivity index (χ4n) is 10.9. The Balaban J connectivity index is 1.06. The van der Waals surface area contributed by atoms with Crippen LogP contribution in [0, 0.1) is 0 Å². The highest BCUT2D eigenvalue weighted by Gasteiger charge is 2.21. The van der Waals surface area contributed by atoms with Crippen molar-refractivity contribution in [2.75, 3.05) is 54.4 Å². The van der Waals surface area contributed by atoms with Gasteiger partial charge in [-0.25, -0.2) is 9.97 Å². The standard InChI is InChI=1S/C68H58N8/c1-73-37-29-49(30-38-73)45-5-13-53(14-6-45)65-57-21-23-59(69-57)66(54-15-7-46(8-16-54)50-31-39-74(2)40-32-50)61-25-27-63(71-61)68(56-19-11-48(12-20-56)52-35-43-76(4)44-36-52)64-28-26-62(72-64)67(60-24-22-58(65)70-60)55-17-9-47(10-18-55)51-33-41-75(3)42-34-51/h5-37,39,41,43,69,72H,38,40,42,44H2,1-4H3. The zero-order valence-corrected chi connectivity index (χ0v) is 43.3. The molecule has 0 radical (unpaired) electrons. The minimum atomic E-state index is 0.877. The minimum absolute atomic E-state index is 0.877. The molecule has 2 N–H and O–H groups in total. The molecule has 13 rings (SSSR count). The number of fused-ring (bicyclic) bond motifs is 8. The Morgan fingerprint density at radius 1 is 0.276 bits per heavy atom. The molecule has 370 valence electrons. The van der Waals surface area contributed by atoms with E-state index in [2.05, 4.69) is 277 Å². The lowest BCUT2D eigenvalue weighted by atomic mass is 9.98. The highest BCUT2D eigenvalue weighted by atomic mass is 15.1. The van der Waals surface area contributed by atoms with Gasteiger partial charge in [0.2, 0.25) is 0 Å². The summed E-state index contributed by atoms with van der Waals surface area (Å²) in [4.78, 5) is 27.9. The van der Waals surface area contributed by atoms with Gasteiger partial charge in [0.15, 0.2) is 0 Å². The third kappa shape index (κ3) is 8.98. The first kappa shape index (κ1) is 46.4. The number of allylic oxidation sites excluding steroid dienone is 8. The second-order valence-electron chi connectivity index (χ2n) is 20.5. The fraction of sp³-hybridized carbons (Fsp3) is 0.118. The second kappa shape index (κ2) is 19.5. The predicted octanol–water partition coefficient (Wildman–Crippen LogP) is 14.7. The molecule has 8 nitrogen and oxygen atoms in total. The molecule has 0 spiro atoms. The van der Waals surface area contributed by atoms with Gasteiger partial charge in [-0.3, -0.25) is 0 Å². The van der Waals surface area contributed by atoms with Crippen molar-refractivity contribution in [3.05, 3.63) is 240 Å². The van der Waals surface area contributed by atoms with Crippen LogP contribution in [-0.4, -0.2) is 93.9 Å². The van der Waals surface area contributed by atoms with E-state index in [0.717, 1.165) is 116 Å². The number of aromatic nitrogens is 4. The summed E-state index contributed by atoms with van der Waals surface area (Å²) in [6, 6.07) is 44.6. The Morgan fingerprint density at radius 2 is 0.487 bits per heavy atom. The van der Waals surface area contributed by atoms with Crippen molar-refractivity contribution in [3.8, 4) is 44.5 Å². The number of benzene rings is 4. The topological polar surface area (TPSA) is 70.3 Å². The Kier molecular flexibility index (Phi) is 11.9. The van der Waals surface area contributed by atoms with E-state index in [-0.39, 0.29) is 0 Å². The summed E-state index contributed by atoms with van der Waals surface area (Å²) in [5, 5.41) is 0. The zero-order valence-electron chi connectivity index (χ0n) is 43.3. The van der Waals surface area contributed by atoms with Crippen molar-refractivity contribution < 1.29 is 0 Å². The zero-order chi connectivity index (χ0) is 51.3. The van der Waals surface area contributed by atoms with E-state index in [1.165, 1.54) is 44.5 Å². The molecule has 7 aromatic rings. The van der Waals surface area contributed by atoms with Crippen LogP contribution < -0.4 is 0 Å². The van der Waals surface area contributed by atoms with E-state index in [9.17, 15) is 0 Å². The molecule has 3 aromatic heterocycles. The summed E-state index contributed by atoms with van der Waals surface area (Å²) in [5.74, 6) is 0. The fourth-order valence-corrected chi connectivity index (χ4v) is 10.9. The molecular weight excluding hydrogens is 929 g/mol. The van der Waals surface area contributed by atoms with Crippen LogP contribution in [0.3, 0.4) is 0 Å². The number of rotatable bonds is 8. The summed E-state index contributed by atoms with van der Waals surface area (Å²) in [6.07, 6.45) is 35.2. The van der Waals surface area contributed by atoms with Gasteiger partial charge in [0.05, 0.1) is 22.8 Å². The maximum Gasteiger partial charge on any atom is 0.0737 e. The first-order valence-electron chi connectivity index (χ1n) is 26.2. The summed E-state index contributed by atoms with van der Waals surface area (Å²) in [6.45, 7) is 3.51. The molecule has 0 saturated carbocycles. The lowest BCUT2D eigenvalue weighted by Gasteiger charge is -2.17. The van der Waals surface area contributed by atoms with Crippen molar-refractivity contribution >= 4 is 68.7 Å². The predicted molar refractivity (Wildman–Crippen MR) is 320 cm³/mol. The molecule has 0 fully saturated rings. The van der Waals surface area contributed by atoms with Gasteiger partial charge >= 0.3 is 0 Å². The molecule has 8 heteroatoms. The molecule has 76 heavy (non-hydrogen) atoms. The first-order valence-corrected chi connectivity index (χ1v) is 26.2. The van der Waals surface area contributed by atoms with E-state index in [4.69, 9.17) is 9.97 Å². The van der Waals surface area contributed by atoms with Gasteiger partial charge in [-0.1, -0.05) is 121 Å². The molecule has 0 aliphatic carbocycles. The minimum Gasteiger partial charge on any atom is -0.377 e. The number of H-pyrrole nitrogens is 2. The maximum atomic E-state index is 5.62. The van der Waals surface area contributed by atoms with Crippen molar-refractivity contribution in [1.29, 1.82) is 0 Å². The molecule has 4 aromatic carbocycles. The number of likely N-dealkylation sites (N-methyl/N-ethyl adjacent to an activating group) is 4. The van der Waals surface area contributed by atoms with Crippen LogP contribution in [0.25, 0.3) is 113 Å². The van der Waals surface area contributed by atoms with Gasteiger partial charge in [-0.05, 0) is 164 Å². The number of nitrogens with zero attached hydrogens (tertiary/aromatic N) is 6. The van der Waals surface area contributed by atoms with Crippen LogP contribution in [0.2, 0.25) is 0 Å². The number of aromatic amines is 2. The van der Waals surface area contributed by atoms with E-state index in [1.807, 2.05) is 0 Å². The van der Waals surface area contributed by atoms with E-state index in [1.54, 1.807) is 0 Å². The van der Waals surface area contributed by atoms with Crippen LogP contribution in [0.5, 0.6) is 0 Å². The lowest BCUT2D eigenvalue weighted by Crippen LogP contribution is -2.13. The van der Waals surface area contributed by atoms with Crippen LogP contribution in [0.4, 0.5) is 0 Å². The van der Waals surface area contributed by atoms with Gasteiger partial charge in [0, 0.05) is 98.7 Å². The van der Waals surface area contributed by atoms with Crippen LogP contribution in [0.15, 0.2) is 195 Å². The summed E-state index contributed by atoms with van der Waals surface area (Å²) < 4.78 is 0. The van der Waals surface area contributed by atoms with Gasteiger partial charge in [-0.15, -0.1) is 0 Å². The monoisotopic (exact) mass is 986 g/mol. The third-order valence-electron chi connectivity index (χ3n) is 15.2. The average Bonchev–Trinajstić information content (AvgIpc) is 4.33. The number of hydrogen-bond donors (Lipinski definition) is 2. The molecule has 0 atom stereocenters. The van der Waals surface area contributed by atoms with Gasteiger partial charge < -0.3 is 29.6 Å². The molecular formula is C68H58N8. The summed E-state index contributed by atoms with van der Waals surface area (Å²) in [5.41, 5.74) is 25.3. The molecule has 0 amide bonds. The van der Waals surface area contributed by atoms with Crippen LogP contribution >= 0.6 is 0 Å². The molecule has 0 saturated heterocycles. The molecule has 6 aliphatic rings. The highest BCUT2D eigenvalue weighted by Crippen LogP contribution is 2.40. The molecule has 0 unspecified atom stereocenters. The summed E-state index contributed by atoms with van der Waals surface area (Å²) >= 11 is 0. The van der Waals surface area contributed by atoms with Crippen LogP contribution in [0.1, 0.15) is 45.0 Å². The number of nitrogens with one attached hydrogen (secondary N) is 2. The van der Waals surface area contributed by atoms with Gasteiger partial charge in [0.25, 0.3) is 0 Å². The Labute approximate surface area is 444 Å².